The van der Waals surface area contributed by atoms with Gasteiger partial charge in [-0.3, -0.25) is 4.79 Å². The van der Waals surface area contributed by atoms with Crippen LogP contribution in [0.25, 0.3) is 0 Å². The Morgan fingerprint density at radius 1 is 1.00 bits per heavy atom. The molecular weight excluding hydrogens is 366 g/mol. The van der Waals surface area contributed by atoms with Gasteiger partial charge in [-0.25, -0.2) is 0 Å². The molecule has 29 heavy (non-hydrogen) atoms. The molecular formula is C24H29NO4. The Morgan fingerprint density at radius 2 is 1.69 bits per heavy atom. The number of nitrogens with zero attached hydrogens (tertiary/aromatic N) is 1. The van der Waals surface area contributed by atoms with Crippen LogP contribution in [0.1, 0.15) is 54.1 Å². The standard InChI is InChI=1S/C24H29NO4/c1-28-20-12-5-3-9-17(20)22-19-11-7-8-14-24(19,27)15-16-25(22)23(26)18-10-4-6-13-21(18)29-2/h3-6,9-10,12-13,19,22,27H,7-8,11,14-16H2,1-2H3/t19-,22+,24+/m1/s1. The first kappa shape index (κ1) is 19.8. The molecule has 5 heteroatoms. The smallest absolute Gasteiger partial charge is 0.258 e. The van der Waals surface area contributed by atoms with Crippen molar-refractivity contribution in [3.05, 3.63) is 59.7 Å². The molecule has 0 aromatic heterocycles. The predicted octanol–water partition coefficient (Wildman–Crippen LogP) is 4.21. The summed E-state index contributed by atoms with van der Waals surface area (Å²) in [7, 11) is 3.24. The van der Waals surface area contributed by atoms with Crippen molar-refractivity contribution < 1.29 is 19.4 Å². The molecule has 1 N–H and O–H groups in total. The van der Waals surface area contributed by atoms with Gasteiger partial charge in [0.2, 0.25) is 0 Å². The second-order valence-corrected chi connectivity index (χ2v) is 8.09. The van der Waals surface area contributed by atoms with Gasteiger partial charge in [-0.2, -0.15) is 0 Å². The predicted molar refractivity (Wildman–Crippen MR) is 111 cm³/mol. The zero-order chi connectivity index (χ0) is 20.4. The molecule has 154 valence electrons. The number of piperidine rings is 1. The molecule has 4 rings (SSSR count). The fourth-order valence-electron chi connectivity index (χ4n) is 5.18. The van der Waals surface area contributed by atoms with E-state index in [0.717, 1.165) is 37.0 Å². The van der Waals surface area contributed by atoms with E-state index in [2.05, 4.69) is 0 Å². The van der Waals surface area contributed by atoms with Crippen LogP contribution in [-0.4, -0.2) is 42.3 Å². The normalized spacial score (nSPS) is 26.5. The number of methoxy groups -OCH3 is 2. The summed E-state index contributed by atoms with van der Waals surface area (Å²) in [5.41, 5.74) is 0.779. The summed E-state index contributed by atoms with van der Waals surface area (Å²) in [6.45, 7) is 0.507. The van der Waals surface area contributed by atoms with Gasteiger partial charge in [0.15, 0.2) is 0 Å². The maximum absolute atomic E-state index is 13.7. The van der Waals surface area contributed by atoms with Crippen LogP contribution in [0.15, 0.2) is 48.5 Å². The second kappa shape index (κ2) is 8.07. The molecule has 1 amide bonds. The van der Waals surface area contributed by atoms with E-state index in [0.29, 0.717) is 24.3 Å². The number of likely N-dealkylation sites (tertiary alicyclic amines) is 1. The number of para-hydroxylation sites is 2. The Kier molecular flexibility index (Phi) is 5.50. The molecule has 2 aliphatic rings. The van der Waals surface area contributed by atoms with Crippen LogP contribution in [0, 0.1) is 5.92 Å². The quantitative estimate of drug-likeness (QED) is 0.842. The average Bonchev–Trinajstić information content (AvgIpc) is 2.77. The van der Waals surface area contributed by atoms with Crippen LogP contribution in [0.5, 0.6) is 11.5 Å². The second-order valence-electron chi connectivity index (χ2n) is 8.09. The molecule has 2 aromatic rings. The molecule has 2 fully saturated rings. The molecule has 1 saturated carbocycles. The van der Waals surface area contributed by atoms with Crippen LogP contribution < -0.4 is 9.47 Å². The van der Waals surface area contributed by atoms with Crippen LogP contribution >= 0.6 is 0 Å². The number of fused-ring (bicyclic) bond motifs is 1. The zero-order valence-corrected chi connectivity index (χ0v) is 17.1. The first-order valence-electron chi connectivity index (χ1n) is 10.4. The monoisotopic (exact) mass is 395 g/mol. The van der Waals surface area contributed by atoms with E-state index < -0.39 is 5.60 Å². The molecule has 0 bridgehead atoms. The van der Waals surface area contributed by atoms with Gasteiger partial charge < -0.3 is 19.5 Å². The van der Waals surface area contributed by atoms with Gasteiger partial charge in [0, 0.05) is 18.0 Å². The van der Waals surface area contributed by atoms with Crippen LogP contribution in [0.2, 0.25) is 0 Å². The van der Waals surface area contributed by atoms with Gasteiger partial charge in [-0.05, 0) is 37.5 Å². The fourth-order valence-corrected chi connectivity index (χ4v) is 5.18. The van der Waals surface area contributed by atoms with Crippen LogP contribution in [0.3, 0.4) is 0 Å². The Labute approximate surface area is 172 Å². The molecule has 1 heterocycles. The number of rotatable bonds is 4. The summed E-state index contributed by atoms with van der Waals surface area (Å²) in [5.74, 6) is 1.25. The first-order chi connectivity index (χ1) is 14.1. The number of hydrogen-bond donors (Lipinski definition) is 1. The largest absolute Gasteiger partial charge is 0.496 e. The SMILES string of the molecule is COc1ccccc1C(=O)N1CC[C@@]2(O)CCCC[C@@H]2[C@@H]1c1ccccc1OC. The third-order valence-electron chi connectivity index (χ3n) is 6.62. The van der Waals surface area contributed by atoms with Crippen molar-refractivity contribution in [3.8, 4) is 11.5 Å². The van der Waals surface area contributed by atoms with E-state index in [1.165, 1.54) is 0 Å². The number of carbonyl (C=O) groups is 1. The lowest BCUT2D eigenvalue weighted by molar-refractivity contribution is -0.115. The van der Waals surface area contributed by atoms with Gasteiger partial charge in [0.1, 0.15) is 11.5 Å². The third-order valence-corrected chi connectivity index (χ3v) is 6.62. The number of amides is 1. The number of hydrogen-bond acceptors (Lipinski definition) is 4. The van der Waals surface area contributed by atoms with E-state index in [1.807, 2.05) is 53.4 Å². The minimum absolute atomic E-state index is 0.0139. The lowest BCUT2D eigenvalue weighted by Crippen LogP contribution is -2.56. The summed E-state index contributed by atoms with van der Waals surface area (Å²) in [6.07, 6.45) is 4.39. The minimum Gasteiger partial charge on any atom is -0.496 e. The molecule has 0 spiro atoms. The lowest BCUT2D eigenvalue weighted by atomic mass is 9.66. The molecule has 1 saturated heterocycles. The molecule has 0 radical (unpaired) electrons. The van der Waals surface area contributed by atoms with Gasteiger partial charge in [-0.1, -0.05) is 43.2 Å². The van der Waals surface area contributed by atoms with Crippen molar-refractivity contribution in [2.75, 3.05) is 20.8 Å². The molecule has 1 aliphatic heterocycles. The highest BCUT2D eigenvalue weighted by Gasteiger charge is 2.51. The molecule has 3 atom stereocenters. The van der Waals surface area contributed by atoms with Crippen molar-refractivity contribution in [2.45, 2.75) is 43.7 Å². The van der Waals surface area contributed by atoms with E-state index in [4.69, 9.17) is 9.47 Å². The lowest BCUT2D eigenvalue weighted by Gasteiger charge is -2.52. The molecule has 1 aliphatic carbocycles. The highest BCUT2D eigenvalue weighted by molar-refractivity contribution is 5.97. The molecule has 2 aromatic carbocycles. The fraction of sp³-hybridized carbons (Fsp3) is 0.458. The Bertz CT molecular complexity index is 883. The number of carbonyl (C=O) groups excluding carboxylic acids is 1. The molecule has 5 nitrogen and oxygen atoms in total. The van der Waals surface area contributed by atoms with Crippen LogP contribution in [0.4, 0.5) is 0 Å². The highest BCUT2D eigenvalue weighted by atomic mass is 16.5. The highest BCUT2D eigenvalue weighted by Crippen LogP contribution is 2.51. The van der Waals surface area contributed by atoms with Gasteiger partial charge in [0.25, 0.3) is 5.91 Å². The number of benzene rings is 2. The van der Waals surface area contributed by atoms with Gasteiger partial charge >= 0.3 is 0 Å². The van der Waals surface area contributed by atoms with Gasteiger partial charge in [0.05, 0.1) is 31.4 Å². The topological polar surface area (TPSA) is 59.0 Å². The van der Waals surface area contributed by atoms with Crippen molar-refractivity contribution in [1.82, 2.24) is 4.90 Å². The first-order valence-corrected chi connectivity index (χ1v) is 10.4. The maximum Gasteiger partial charge on any atom is 0.258 e. The van der Waals surface area contributed by atoms with E-state index in [9.17, 15) is 9.90 Å². The number of aliphatic hydroxyl groups is 1. The average molecular weight is 395 g/mol. The van der Waals surface area contributed by atoms with Crippen molar-refractivity contribution >= 4 is 5.91 Å². The Morgan fingerprint density at radius 3 is 2.45 bits per heavy atom. The van der Waals surface area contributed by atoms with Crippen molar-refractivity contribution in [2.24, 2.45) is 5.92 Å². The molecule has 0 unspecified atom stereocenters. The van der Waals surface area contributed by atoms with Crippen LogP contribution in [-0.2, 0) is 0 Å². The summed E-state index contributed by atoms with van der Waals surface area (Å²) in [4.78, 5) is 15.6. The summed E-state index contributed by atoms with van der Waals surface area (Å²) < 4.78 is 11.1. The minimum atomic E-state index is -0.735. The van der Waals surface area contributed by atoms with E-state index >= 15 is 0 Å². The van der Waals surface area contributed by atoms with E-state index in [1.54, 1.807) is 14.2 Å². The summed E-state index contributed by atoms with van der Waals surface area (Å²) in [6, 6.07) is 15.0. The third kappa shape index (κ3) is 3.48. The Hall–Kier alpha value is -2.53. The Balaban J connectivity index is 1.80. The van der Waals surface area contributed by atoms with E-state index in [-0.39, 0.29) is 17.9 Å². The van der Waals surface area contributed by atoms with Gasteiger partial charge in [-0.15, -0.1) is 0 Å². The van der Waals surface area contributed by atoms with Crippen molar-refractivity contribution in [1.29, 1.82) is 0 Å². The number of ether oxygens (including phenoxy) is 2. The summed E-state index contributed by atoms with van der Waals surface area (Å²) >= 11 is 0. The maximum atomic E-state index is 13.7. The zero-order valence-electron chi connectivity index (χ0n) is 17.1. The van der Waals surface area contributed by atoms with Crippen molar-refractivity contribution in [3.63, 3.8) is 0 Å². The summed E-state index contributed by atoms with van der Waals surface area (Å²) in [5, 5.41) is 11.5.